The van der Waals surface area contributed by atoms with Crippen LogP contribution in [0.3, 0.4) is 0 Å². The molecule has 0 aromatic carbocycles. The summed E-state index contributed by atoms with van der Waals surface area (Å²) in [5.74, 6) is -0.582. The van der Waals surface area contributed by atoms with Crippen molar-refractivity contribution in [2.24, 2.45) is 5.92 Å². The van der Waals surface area contributed by atoms with E-state index in [1.165, 1.54) is 7.11 Å². The lowest BCUT2D eigenvalue weighted by molar-refractivity contribution is -0.155. The summed E-state index contributed by atoms with van der Waals surface area (Å²) in [5.41, 5.74) is 0. The maximum atomic E-state index is 10.9. The van der Waals surface area contributed by atoms with E-state index in [-0.39, 0.29) is 17.8 Å². The Balaban J connectivity index is 2.51. The molecule has 0 saturated carbocycles. The normalized spacial score (nSPS) is 28.7. The maximum absolute atomic E-state index is 10.9. The lowest BCUT2D eigenvalue weighted by Gasteiger charge is -2.33. The molecule has 1 rings (SSSR count). The minimum absolute atomic E-state index is 0.0529. The number of ether oxygens (including phenoxy) is 1. The van der Waals surface area contributed by atoms with Crippen molar-refractivity contribution >= 4 is 11.9 Å². The van der Waals surface area contributed by atoms with Crippen molar-refractivity contribution in [1.29, 1.82) is 0 Å². The average Bonchev–Trinajstić information content (AvgIpc) is 1.99. The van der Waals surface area contributed by atoms with Crippen molar-refractivity contribution in [1.82, 2.24) is 5.32 Å². The lowest BCUT2D eigenvalue weighted by Crippen LogP contribution is -2.61. The molecule has 62 valence electrons. The molecule has 1 aliphatic heterocycles. The molecule has 1 fully saturated rings. The van der Waals surface area contributed by atoms with Crippen molar-refractivity contribution in [3.63, 3.8) is 0 Å². The second-order valence-corrected chi connectivity index (χ2v) is 2.52. The minimum Gasteiger partial charge on any atom is -0.467 e. The molecule has 0 radical (unpaired) electrons. The first kappa shape index (κ1) is 8.04. The number of carbonyl (C=O) groups is 2. The van der Waals surface area contributed by atoms with Crippen molar-refractivity contribution in [2.45, 2.75) is 19.4 Å². The van der Waals surface area contributed by atoms with Crippen molar-refractivity contribution in [3.05, 3.63) is 0 Å². The zero-order chi connectivity index (χ0) is 8.43. The first-order valence-electron chi connectivity index (χ1n) is 3.59. The van der Waals surface area contributed by atoms with Gasteiger partial charge in [0.2, 0.25) is 5.91 Å². The number of nitrogens with one attached hydrogen (secondary N) is 1. The molecule has 1 saturated heterocycles. The van der Waals surface area contributed by atoms with Gasteiger partial charge in [-0.05, 0) is 6.42 Å². The summed E-state index contributed by atoms with van der Waals surface area (Å²) in [6.45, 7) is 1.87. The van der Waals surface area contributed by atoms with Gasteiger partial charge in [0, 0.05) is 0 Å². The first-order valence-corrected chi connectivity index (χ1v) is 3.59. The van der Waals surface area contributed by atoms with E-state index in [1.807, 2.05) is 6.92 Å². The monoisotopic (exact) mass is 157 g/mol. The summed E-state index contributed by atoms with van der Waals surface area (Å²) in [6.07, 6.45) is 0.686. The molecule has 1 aliphatic rings. The van der Waals surface area contributed by atoms with Gasteiger partial charge >= 0.3 is 5.97 Å². The second-order valence-electron chi connectivity index (χ2n) is 2.52. The van der Waals surface area contributed by atoms with Crippen LogP contribution in [0.2, 0.25) is 0 Å². The highest BCUT2D eigenvalue weighted by atomic mass is 16.5. The Kier molecular flexibility index (Phi) is 2.12. The van der Waals surface area contributed by atoms with Crippen LogP contribution in [0, 0.1) is 5.92 Å². The van der Waals surface area contributed by atoms with E-state index < -0.39 is 6.04 Å². The smallest absolute Gasteiger partial charge is 0.329 e. The van der Waals surface area contributed by atoms with Crippen molar-refractivity contribution in [3.8, 4) is 0 Å². The summed E-state index contributed by atoms with van der Waals surface area (Å²) >= 11 is 0. The number of hydrogen-bond acceptors (Lipinski definition) is 3. The standard InChI is InChI=1S/C7H11NO3/c1-3-4-5(7(10)11-2)8-6(4)9/h4-5H,3H2,1-2H3,(H,8,9)/t4-,5-/m1/s1. The molecule has 0 aromatic heterocycles. The fraction of sp³-hybridized carbons (Fsp3) is 0.714. The average molecular weight is 157 g/mol. The largest absolute Gasteiger partial charge is 0.467 e. The van der Waals surface area contributed by atoms with Crippen LogP contribution in [0.15, 0.2) is 0 Å². The molecule has 0 bridgehead atoms. The highest BCUT2D eigenvalue weighted by Gasteiger charge is 2.43. The Bertz CT molecular complexity index is 190. The predicted molar refractivity (Wildman–Crippen MR) is 37.7 cm³/mol. The third-order valence-electron chi connectivity index (χ3n) is 1.93. The summed E-state index contributed by atoms with van der Waals surface area (Å²) in [4.78, 5) is 21.6. The molecule has 4 nitrogen and oxygen atoms in total. The molecule has 2 atom stereocenters. The van der Waals surface area contributed by atoms with Crippen LogP contribution in [-0.4, -0.2) is 25.0 Å². The predicted octanol–water partition coefficient (Wildman–Crippen LogP) is -0.316. The van der Waals surface area contributed by atoms with E-state index in [2.05, 4.69) is 10.1 Å². The van der Waals surface area contributed by atoms with Gasteiger partial charge in [0.05, 0.1) is 13.0 Å². The van der Waals surface area contributed by atoms with E-state index in [0.29, 0.717) is 6.42 Å². The van der Waals surface area contributed by atoms with E-state index in [0.717, 1.165) is 0 Å². The number of carbonyl (C=O) groups excluding carboxylic acids is 2. The van der Waals surface area contributed by atoms with Crippen molar-refractivity contribution in [2.75, 3.05) is 7.11 Å². The Labute approximate surface area is 64.9 Å². The summed E-state index contributed by atoms with van der Waals surface area (Å²) in [6, 6.07) is -0.405. The van der Waals surface area contributed by atoms with E-state index in [4.69, 9.17) is 0 Å². The van der Waals surface area contributed by atoms with Crippen LogP contribution in [0.4, 0.5) is 0 Å². The maximum Gasteiger partial charge on any atom is 0.329 e. The van der Waals surface area contributed by atoms with Crippen LogP contribution in [0.5, 0.6) is 0 Å². The first-order chi connectivity index (χ1) is 5.20. The molecule has 0 unspecified atom stereocenters. The topological polar surface area (TPSA) is 55.4 Å². The lowest BCUT2D eigenvalue weighted by atomic mass is 9.88. The van der Waals surface area contributed by atoms with Gasteiger partial charge < -0.3 is 10.1 Å². The zero-order valence-electron chi connectivity index (χ0n) is 6.59. The summed E-state index contributed by atoms with van der Waals surface area (Å²) in [5, 5.41) is 2.48. The van der Waals surface area contributed by atoms with Gasteiger partial charge in [-0.15, -0.1) is 0 Å². The molecule has 0 spiro atoms. The fourth-order valence-corrected chi connectivity index (χ4v) is 1.19. The quantitative estimate of drug-likeness (QED) is 0.441. The Morgan fingerprint density at radius 3 is 2.73 bits per heavy atom. The molecule has 11 heavy (non-hydrogen) atoms. The van der Waals surface area contributed by atoms with Gasteiger partial charge in [0.1, 0.15) is 6.04 Å². The van der Waals surface area contributed by atoms with Gasteiger partial charge in [0.25, 0.3) is 0 Å². The molecule has 4 heteroatoms. The van der Waals surface area contributed by atoms with Crippen molar-refractivity contribution < 1.29 is 14.3 Å². The van der Waals surface area contributed by atoms with Crippen LogP contribution < -0.4 is 5.32 Å². The Hall–Kier alpha value is -1.06. The van der Waals surface area contributed by atoms with Gasteiger partial charge in [-0.3, -0.25) is 4.79 Å². The van der Waals surface area contributed by atoms with Gasteiger partial charge in [-0.25, -0.2) is 4.79 Å². The van der Waals surface area contributed by atoms with E-state index in [9.17, 15) is 9.59 Å². The molecular formula is C7H11NO3. The highest BCUT2D eigenvalue weighted by molar-refractivity contribution is 5.96. The molecule has 1 N–H and O–H groups in total. The number of methoxy groups -OCH3 is 1. The van der Waals surface area contributed by atoms with E-state index in [1.54, 1.807) is 0 Å². The second kappa shape index (κ2) is 2.90. The number of amides is 1. The van der Waals surface area contributed by atoms with Crippen LogP contribution in [0.25, 0.3) is 0 Å². The molecular weight excluding hydrogens is 146 g/mol. The minimum atomic E-state index is -0.405. The van der Waals surface area contributed by atoms with Crippen LogP contribution in [0.1, 0.15) is 13.3 Å². The summed E-state index contributed by atoms with van der Waals surface area (Å²) in [7, 11) is 1.32. The molecule has 0 aromatic rings. The number of esters is 1. The molecule has 1 amide bonds. The van der Waals surface area contributed by atoms with Crippen LogP contribution >= 0.6 is 0 Å². The Morgan fingerprint density at radius 2 is 2.36 bits per heavy atom. The van der Waals surface area contributed by atoms with Crippen LogP contribution in [-0.2, 0) is 14.3 Å². The van der Waals surface area contributed by atoms with E-state index >= 15 is 0 Å². The third-order valence-corrected chi connectivity index (χ3v) is 1.93. The highest BCUT2D eigenvalue weighted by Crippen LogP contribution is 2.19. The number of hydrogen-bond donors (Lipinski definition) is 1. The number of β-lactam (4-membered cyclic amide) rings is 1. The van der Waals surface area contributed by atoms with Gasteiger partial charge in [-0.1, -0.05) is 6.92 Å². The summed E-state index contributed by atoms with van der Waals surface area (Å²) < 4.78 is 4.48. The molecule has 0 aliphatic carbocycles. The van der Waals surface area contributed by atoms with Gasteiger partial charge in [-0.2, -0.15) is 0 Å². The fourth-order valence-electron chi connectivity index (χ4n) is 1.19. The SMILES string of the molecule is CC[C@H]1C(=O)N[C@H]1C(=O)OC. The Morgan fingerprint density at radius 1 is 1.73 bits per heavy atom. The van der Waals surface area contributed by atoms with Gasteiger partial charge in [0.15, 0.2) is 0 Å². The third kappa shape index (κ3) is 1.20. The number of rotatable bonds is 2. The molecule has 1 heterocycles. The zero-order valence-corrected chi connectivity index (χ0v) is 6.59.